The number of hydrogen-bond donors (Lipinski definition) is 0. The minimum Gasteiger partial charge on any atom is -0.487 e. The van der Waals surface area contributed by atoms with Crippen LogP contribution in [0.2, 0.25) is 0 Å². The lowest BCUT2D eigenvalue weighted by Crippen LogP contribution is -2.23. The SMILES string of the molecule is Cc1nc(COc2ccc(/C=C/C(=O)N(C)c3ccc(S(C)(=O)=O)cc3)cc2)cs1. The Morgan fingerprint density at radius 3 is 2.37 bits per heavy atom. The second kappa shape index (κ2) is 9.23. The molecule has 156 valence electrons. The van der Waals surface area contributed by atoms with E-state index in [-0.39, 0.29) is 10.8 Å². The minimum atomic E-state index is -3.27. The second-order valence-corrected chi connectivity index (χ2v) is 9.79. The molecule has 0 radical (unpaired) electrons. The maximum atomic E-state index is 12.4. The molecule has 3 aromatic rings. The number of aromatic nitrogens is 1. The van der Waals surface area contributed by atoms with Gasteiger partial charge in [-0.1, -0.05) is 12.1 Å². The Labute approximate surface area is 180 Å². The molecule has 0 bridgehead atoms. The number of carbonyl (C=O) groups excluding carboxylic acids is 1. The first kappa shape index (κ1) is 21.7. The number of nitrogens with zero attached hydrogens (tertiary/aromatic N) is 2. The average molecular weight is 443 g/mol. The predicted octanol–water partition coefficient (Wildman–Crippen LogP) is 4.11. The van der Waals surface area contributed by atoms with Gasteiger partial charge in [-0.25, -0.2) is 13.4 Å². The normalized spacial score (nSPS) is 11.6. The highest BCUT2D eigenvalue weighted by Crippen LogP contribution is 2.19. The van der Waals surface area contributed by atoms with Crippen LogP contribution >= 0.6 is 11.3 Å². The van der Waals surface area contributed by atoms with Crippen LogP contribution in [0.1, 0.15) is 16.3 Å². The summed E-state index contributed by atoms with van der Waals surface area (Å²) in [5.74, 6) is 0.508. The summed E-state index contributed by atoms with van der Waals surface area (Å²) in [5.41, 5.74) is 2.37. The van der Waals surface area contributed by atoms with Crippen molar-refractivity contribution in [1.82, 2.24) is 4.98 Å². The van der Waals surface area contributed by atoms with Crippen molar-refractivity contribution < 1.29 is 17.9 Å². The van der Waals surface area contributed by atoms with E-state index in [1.165, 1.54) is 23.1 Å². The third-order valence-electron chi connectivity index (χ3n) is 4.33. The highest BCUT2D eigenvalue weighted by molar-refractivity contribution is 7.90. The van der Waals surface area contributed by atoms with Gasteiger partial charge in [0.25, 0.3) is 5.91 Å². The van der Waals surface area contributed by atoms with E-state index < -0.39 is 9.84 Å². The summed E-state index contributed by atoms with van der Waals surface area (Å²) in [4.78, 5) is 18.4. The highest BCUT2D eigenvalue weighted by Gasteiger charge is 2.11. The van der Waals surface area contributed by atoms with Crippen LogP contribution in [0.4, 0.5) is 5.69 Å². The van der Waals surface area contributed by atoms with Crippen LogP contribution in [0.5, 0.6) is 5.75 Å². The van der Waals surface area contributed by atoms with Gasteiger partial charge in [-0.3, -0.25) is 4.79 Å². The Bertz CT molecular complexity index is 1150. The van der Waals surface area contributed by atoms with Gasteiger partial charge < -0.3 is 9.64 Å². The molecule has 3 rings (SSSR count). The Balaban J connectivity index is 1.58. The van der Waals surface area contributed by atoms with E-state index in [1.54, 1.807) is 36.6 Å². The van der Waals surface area contributed by atoms with E-state index in [0.29, 0.717) is 12.3 Å². The molecule has 0 saturated carbocycles. The molecule has 0 N–H and O–H groups in total. The van der Waals surface area contributed by atoms with Crippen LogP contribution < -0.4 is 9.64 Å². The molecule has 0 spiro atoms. The molecular formula is C22H22N2O4S2. The zero-order valence-electron chi connectivity index (χ0n) is 16.9. The van der Waals surface area contributed by atoms with Crippen molar-refractivity contribution in [2.24, 2.45) is 0 Å². The third-order valence-corrected chi connectivity index (χ3v) is 6.29. The number of carbonyl (C=O) groups is 1. The second-order valence-electron chi connectivity index (χ2n) is 6.71. The maximum absolute atomic E-state index is 12.4. The molecule has 30 heavy (non-hydrogen) atoms. The van der Waals surface area contributed by atoms with Gasteiger partial charge in [0.1, 0.15) is 12.4 Å². The van der Waals surface area contributed by atoms with Crippen LogP contribution in [0.25, 0.3) is 6.08 Å². The highest BCUT2D eigenvalue weighted by atomic mass is 32.2. The summed E-state index contributed by atoms with van der Waals surface area (Å²) < 4.78 is 28.8. The first-order chi connectivity index (χ1) is 14.2. The smallest absolute Gasteiger partial charge is 0.250 e. The van der Waals surface area contributed by atoms with Crippen molar-refractivity contribution in [3.63, 3.8) is 0 Å². The van der Waals surface area contributed by atoms with E-state index in [9.17, 15) is 13.2 Å². The third kappa shape index (κ3) is 5.77. The van der Waals surface area contributed by atoms with Gasteiger partial charge >= 0.3 is 0 Å². The van der Waals surface area contributed by atoms with Gasteiger partial charge in [0.05, 0.1) is 15.6 Å². The summed E-state index contributed by atoms with van der Waals surface area (Å²) in [5, 5.41) is 2.98. The number of benzene rings is 2. The van der Waals surface area contributed by atoms with Crippen molar-refractivity contribution in [3.8, 4) is 5.75 Å². The van der Waals surface area contributed by atoms with Gasteiger partial charge in [0.15, 0.2) is 9.84 Å². The zero-order chi connectivity index (χ0) is 21.7. The number of ether oxygens (including phenoxy) is 1. The lowest BCUT2D eigenvalue weighted by Gasteiger charge is -2.15. The van der Waals surface area contributed by atoms with Crippen molar-refractivity contribution >= 4 is 38.8 Å². The van der Waals surface area contributed by atoms with Crippen molar-refractivity contribution in [2.75, 3.05) is 18.2 Å². The van der Waals surface area contributed by atoms with Gasteiger partial charge in [0, 0.05) is 30.4 Å². The fraction of sp³-hybridized carbons (Fsp3) is 0.182. The summed E-state index contributed by atoms with van der Waals surface area (Å²) >= 11 is 1.59. The van der Waals surface area contributed by atoms with Gasteiger partial charge in [-0.15, -0.1) is 11.3 Å². The molecule has 8 heteroatoms. The first-order valence-corrected chi connectivity index (χ1v) is 11.9. The lowest BCUT2D eigenvalue weighted by molar-refractivity contribution is -0.113. The molecule has 1 heterocycles. The molecule has 0 saturated heterocycles. The molecule has 0 aliphatic heterocycles. The zero-order valence-corrected chi connectivity index (χ0v) is 18.5. The fourth-order valence-corrected chi connectivity index (χ4v) is 3.86. The van der Waals surface area contributed by atoms with Gasteiger partial charge in [0.2, 0.25) is 0 Å². The van der Waals surface area contributed by atoms with E-state index in [2.05, 4.69) is 4.98 Å². The van der Waals surface area contributed by atoms with E-state index >= 15 is 0 Å². The summed E-state index contributed by atoms with van der Waals surface area (Å²) in [6.45, 7) is 2.37. The molecule has 0 aliphatic rings. The summed E-state index contributed by atoms with van der Waals surface area (Å²) in [6, 6.07) is 13.6. The Morgan fingerprint density at radius 1 is 1.13 bits per heavy atom. The predicted molar refractivity (Wildman–Crippen MR) is 120 cm³/mol. The molecule has 1 amide bonds. The Kier molecular flexibility index (Phi) is 6.69. The summed E-state index contributed by atoms with van der Waals surface area (Å²) in [6.07, 6.45) is 4.34. The number of thiazole rings is 1. The van der Waals surface area contributed by atoms with Crippen LogP contribution in [-0.4, -0.2) is 32.6 Å². The Hall–Kier alpha value is -2.97. The van der Waals surface area contributed by atoms with Crippen LogP contribution in [0.15, 0.2) is 64.9 Å². The molecule has 0 unspecified atom stereocenters. The van der Waals surface area contributed by atoms with E-state index in [1.807, 2.05) is 36.6 Å². The lowest BCUT2D eigenvalue weighted by atomic mass is 10.2. The van der Waals surface area contributed by atoms with Crippen molar-refractivity contribution in [1.29, 1.82) is 0 Å². The minimum absolute atomic E-state index is 0.217. The average Bonchev–Trinajstić information content (AvgIpc) is 3.15. The van der Waals surface area contributed by atoms with Crippen LogP contribution in [0.3, 0.4) is 0 Å². The summed E-state index contributed by atoms with van der Waals surface area (Å²) in [7, 11) is -1.63. The number of aryl methyl sites for hydroxylation is 1. The molecule has 0 atom stereocenters. The largest absolute Gasteiger partial charge is 0.487 e. The first-order valence-electron chi connectivity index (χ1n) is 9.12. The number of anilines is 1. The standard InChI is InChI=1S/C22H22N2O4S2/c1-16-23-18(15-29-16)14-28-20-9-4-17(5-10-20)6-13-22(25)24(2)19-7-11-21(12-8-19)30(3,26)27/h4-13,15H,14H2,1-3H3/b13-6+. The van der Waals surface area contributed by atoms with Gasteiger partial charge in [-0.05, 0) is 55.0 Å². The van der Waals surface area contributed by atoms with Crippen molar-refractivity contribution in [2.45, 2.75) is 18.4 Å². The number of amides is 1. The molecule has 6 nitrogen and oxygen atoms in total. The quantitative estimate of drug-likeness (QED) is 0.515. The molecule has 0 fully saturated rings. The van der Waals surface area contributed by atoms with Gasteiger partial charge in [-0.2, -0.15) is 0 Å². The monoisotopic (exact) mass is 442 g/mol. The topological polar surface area (TPSA) is 76.6 Å². The van der Waals surface area contributed by atoms with E-state index in [4.69, 9.17) is 4.74 Å². The molecular weight excluding hydrogens is 420 g/mol. The number of sulfone groups is 1. The van der Waals surface area contributed by atoms with Crippen LogP contribution in [0, 0.1) is 6.92 Å². The molecule has 2 aromatic carbocycles. The van der Waals surface area contributed by atoms with Crippen LogP contribution in [-0.2, 0) is 21.2 Å². The Morgan fingerprint density at radius 2 is 1.80 bits per heavy atom. The van der Waals surface area contributed by atoms with E-state index in [0.717, 1.165) is 28.3 Å². The molecule has 0 aliphatic carbocycles. The molecule has 1 aromatic heterocycles. The maximum Gasteiger partial charge on any atom is 0.250 e. The van der Waals surface area contributed by atoms with Crippen molar-refractivity contribution in [3.05, 3.63) is 76.3 Å². The fourth-order valence-electron chi connectivity index (χ4n) is 2.63. The number of likely N-dealkylation sites (N-methyl/N-ethyl adjacent to an activating group) is 1. The number of rotatable bonds is 7. The number of hydrogen-bond acceptors (Lipinski definition) is 6.